The predicted octanol–water partition coefficient (Wildman–Crippen LogP) is -0.485. The molecule has 6 nitrogen and oxygen atoms in total. The van der Waals surface area contributed by atoms with E-state index >= 15 is 0 Å². The first kappa shape index (κ1) is 16.6. The van der Waals surface area contributed by atoms with Gasteiger partial charge in [-0.3, -0.25) is 9.13 Å². The normalized spacial score (nSPS) is 13.8. The molecule has 0 radical (unpaired) electrons. The van der Waals surface area contributed by atoms with E-state index in [2.05, 4.69) is 0 Å². The summed E-state index contributed by atoms with van der Waals surface area (Å²) in [5.74, 6) is 0. The van der Waals surface area contributed by atoms with Gasteiger partial charge in [-0.05, 0) is 0 Å². The van der Waals surface area contributed by atoms with Crippen LogP contribution in [0.3, 0.4) is 0 Å². The maximum atomic E-state index is 10.2. The Kier molecular flexibility index (Phi) is 6.59. The van der Waals surface area contributed by atoms with Gasteiger partial charge >= 0.3 is 56.7 Å². The molecule has 0 aliphatic heterocycles. The summed E-state index contributed by atoms with van der Waals surface area (Å²) in [6, 6.07) is 0. The van der Waals surface area contributed by atoms with Gasteiger partial charge in [0.15, 0.2) is 0 Å². The zero-order valence-electron chi connectivity index (χ0n) is 4.76. The summed E-state index contributed by atoms with van der Waals surface area (Å²) in [5, 5.41) is 0. The minimum atomic E-state index is -5.22. The number of halogens is 2. The zero-order chi connectivity index (χ0) is 9.50. The Hall–Kier alpha value is 2.14. The van der Waals surface area contributed by atoms with E-state index in [9.17, 15) is 9.13 Å². The number of hydrogen-bond acceptors (Lipinski definition) is 2. The summed E-state index contributed by atoms with van der Waals surface area (Å²) in [4.78, 5) is 32.9. The second kappa shape index (κ2) is 4.77. The Labute approximate surface area is 108 Å². The van der Waals surface area contributed by atoms with Gasteiger partial charge in [0, 0.05) is 0 Å². The fraction of sp³-hybridized carbons (Fsp3) is 1.00. The standard InChI is InChI=1S/CH4Cl2O6P2.Ca.2H/c2-1(3,10(4,5)6)11(7,8)9;;;/h(H2,4,5,6)(H2,7,8,9);;;. The summed E-state index contributed by atoms with van der Waals surface area (Å²) in [5.41, 5.74) is 0. The molecule has 11 heteroatoms. The summed E-state index contributed by atoms with van der Waals surface area (Å²) >= 11 is 9.46. The van der Waals surface area contributed by atoms with Gasteiger partial charge in [-0.15, -0.1) is 0 Å². The van der Waals surface area contributed by atoms with Crippen molar-refractivity contribution in [2.75, 3.05) is 0 Å². The van der Waals surface area contributed by atoms with Gasteiger partial charge in [-0.1, -0.05) is 23.2 Å². The molecule has 0 aliphatic carbocycles. The average molecular weight is 287 g/mol. The summed E-state index contributed by atoms with van der Waals surface area (Å²) in [7, 11) is -10.4. The first-order valence-corrected chi connectivity index (χ1v) is 5.97. The van der Waals surface area contributed by atoms with Crippen LogP contribution in [0.15, 0.2) is 0 Å². The van der Waals surface area contributed by atoms with Gasteiger partial charge in [-0.25, -0.2) is 0 Å². The molecule has 0 aromatic rings. The van der Waals surface area contributed by atoms with Crippen LogP contribution < -0.4 is 0 Å². The van der Waals surface area contributed by atoms with Gasteiger partial charge in [0.1, 0.15) is 0 Å². The van der Waals surface area contributed by atoms with Crippen molar-refractivity contribution in [3.05, 3.63) is 0 Å². The molecule has 72 valence electrons. The third-order valence-corrected chi connectivity index (χ3v) is 6.31. The molecule has 12 heavy (non-hydrogen) atoms. The molecule has 0 unspecified atom stereocenters. The van der Waals surface area contributed by atoms with Crippen LogP contribution in [0.25, 0.3) is 0 Å². The Morgan fingerprint density at radius 1 is 0.917 bits per heavy atom. The van der Waals surface area contributed by atoms with Crippen LogP contribution in [0.2, 0.25) is 0 Å². The van der Waals surface area contributed by atoms with Gasteiger partial charge in [0.2, 0.25) is 0 Å². The number of rotatable bonds is 2. The third-order valence-electron chi connectivity index (χ3n) is 0.701. The van der Waals surface area contributed by atoms with Crippen molar-refractivity contribution in [3.8, 4) is 0 Å². The topological polar surface area (TPSA) is 115 Å². The van der Waals surface area contributed by atoms with Crippen LogP contribution in [-0.2, 0) is 9.13 Å². The first-order valence-electron chi connectivity index (χ1n) is 1.99. The molecule has 0 spiro atoms. The van der Waals surface area contributed by atoms with Crippen LogP contribution in [0.4, 0.5) is 0 Å². The molecule has 0 aliphatic rings. The van der Waals surface area contributed by atoms with E-state index in [-0.39, 0.29) is 37.7 Å². The molecule has 0 aromatic carbocycles. The SMILES string of the molecule is O=P(O)(O)C(Cl)(Cl)P(=O)(O)O.[CaH2]. The van der Waals surface area contributed by atoms with E-state index in [1.54, 1.807) is 0 Å². The van der Waals surface area contributed by atoms with E-state index < -0.39 is 19.0 Å². The molecule has 0 amide bonds. The molecule has 0 saturated heterocycles. The van der Waals surface area contributed by atoms with Gasteiger partial charge in [0.05, 0.1) is 0 Å². The molecule has 0 saturated carbocycles. The molecule has 0 heterocycles. The van der Waals surface area contributed by atoms with E-state index in [4.69, 9.17) is 42.8 Å². The fourth-order valence-corrected chi connectivity index (χ4v) is 1.53. The molecule has 0 atom stereocenters. The Morgan fingerprint density at radius 2 is 1.08 bits per heavy atom. The molecular formula is CH6CaCl2O6P2. The van der Waals surface area contributed by atoms with Crippen molar-refractivity contribution >= 4 is 76.1 Å². The molecule has 0 aromatic heterocycles. The Morgan fingerprint density at radius 3 is 1.08 bits per heavy atom. The molecule has 4 N–H and O–H groups in total. The molecule has 0 bridgehead atoms. The van der Waals surface area contributed by atoms with E-state index in [1.165, 1.54) is 0 Å². The van der Waals surface area contributed by atoms with Crippen molar-refractivity contribution in [2.45, 2.75) is 3.82 Å². The van der Waals surface area contributed by atoms with Crippen LogP contribution in [0.5, 0.6) is 0 Å². The van der Waals surface area contributed by atoms with Crippen LogP contribution >= 0.6 is 38.4 Å². The van der Waals surface area contributed by atoms with Crippen LogP contribution in [-0.4, -0.2) is 61.1 Å². The third kappa shape index (κ3) is 3.71. The van der Waals surface area contributed by atoms with E-state index in [1.807, 2.05) is 0 Å². The minimum absolute atomic E-state index is 0. The second-order valence-electron chi connectivity index (χ2n) is 1.60. The van der Waals surface area contributed by atoms with Crippen LogP contribution in [0, 0.1) is 0 Å². The van der Waals surface area contributed by atoms with E-state index in [0.717, 1.165) is 0 Å². The van der Waals surface area contributed by atoms with Gasteiger partial charge < -0.3 is 19.6 Å². The van der Waals surface area contributed by atoms with E-state index in [0.29, 0.717) is 0 Å². The molecule has 0 rings (SSSR count). The zero-order valence-corrected chi connectivity index (χ0v) is 8.06. The number of alkyl halides is 2. The molecule has 0 fully saturated rings. The quantitative estimate of drug-likeness (QED) is 0.309. The summed E-state index contributed by atoms with van der Waals surface area (Å²) in [6.07, 6.45) is 0. The summed E-state index contributed by atoms with van der Waals surface area (Å²) in [6.45, 7) is 0. The summed E-state index contributed by atoms with van der Waals surface area (Å²) < 4.78 is 17.1. The van der Waals surface area contributed by atoms with Crippen molar-refractivity contribution < 1.29 is 28.7 Å². The van der Waals surface area contributed by atoms with Crippen molar-refractivity contribution in [2.24, 2.45) is 0 Å². The predicted molar refractivity (Wildman–Crippen MR) is 47.1 cm³/mol. The number of hydrogen-bond donors (Lipinski definition) is 4. The molecular weight excluding hydrogens is 281 g/mol. The Bertz CT molecular complexity index is 216. The Balaban J connectivity index is 0. The average Bonchev–Trinajstić information content (AvgIpc) is 1.58. The second-order valence-corrected chi connectivity index (χ2v) is 7.85. The fourth-order valence-electron chi connectivity index (χ4n) is 0.170. The maximum absolute atomic E-state index is 10.2. The van der Waals surface area contributed by atoms with Crippen molar-refractivity contribution in [1.29, 1.82) is 0 Å². The van der Waals surface area contributed by atoms with Gasteiger partial charge in [-0.2, -0.15) is 0 Å². The van der Waals surface area contributed by atoms with Crippen LogP contribution in [0.1, 0.15) is 0 Å². The monoisotopic (exact) mass is 286 g/mol. The van der Waals surface area contributed by atoms with Crippen molar-refractivity contribution in [1.82, 2.24) is 0 Å². The van der Waals surface area contributed by atoms with Gasteiger partial charge in [0.25, 0.3) is 0 Å². The van der Waals surface area contributed by atoms with Crippen molar-refractivity contribution in [3.63, 3.8) is 0 Å². The first-order chi connectivity index (χ1) is 4.50.